The molecule has 1 unspecified atom stereocenters. The fourth-order valence-corrected chi connectivity index (χ4v) is 2.90. The predicted molar refractivity (Wildman–Crippen MR) is 102 cm³/mol. The minimum absolute atomic E-state index is 0.0573. The molecule has 138 valence electrons. The van der Waals surface area contributed by atoms with Crippen molar-refractivity contribution in [3.8, 4) is 11.5 Å². The second-order valence-electron chi connectivity index (χ2n) is 5.97. The number of halogens is 1. The Bertz CT molecular complexity index is 722. The van der Waals surface area contributed by atoms with Gasteiger partial charge in [0.05, 0.1) is 13.2 Å². The van der Waals surface area contributed by atoms with Crippen LogP contribution >= 0.6 is 11.6 Å². The number of methoxy groups -OCH3 is 1. The Kier molecular flexibility index (Phi) is 6.20. The van der Waals surface area contributed by atoms with E-state index in [4.69, 9.17) is 21.1 Å². The number of nitrogens with zero attached hydrogens (tertiary/aromatic N) is 1. The maximum atomic E-state index is 12.6. The molecule has 1 atom stereocenters. The highest BCUT2D eigenvalue weighted by molar-refractivity contribution is 6.30. The lowest BCUT2D eigenvalue weighted by Crippen LogP contribution is -2.57. The van der Waals surface area contributed by atoms with Crippen molar-refractivity contribution >= 4 is 23.3 Å². The molecule has 1 aliphatic rings. The zero-order chi connectivity index (χ0) is 18.4. The fraction of sp³-hybridized carbons (Fsp3) is 0.316. The van der Waals surface area contributed by atoms with Crippen molar-refractivity contribution in [1.29, 1.82) is 0 Å². The molecule has 26 heavy (non-hydrogen) atoms. The van der Waals surface area contributed by atoms with Crippen LogP contribution in [-0.4, -0.2) is 50.3 Å². The van der Waals surface area contributed by atoms with Crippen LogP contribution in [0.1, 0.15) is 0 Å². The van der Waals surface area contributed by atoms with Crippen LogP contribution in [0, 0.1) is 0 Å². The van der Waals surface area contributed by atoms with E-state index in [1.54, 1.807) is 36.3 Å². The number of hydrogen-bond acceptors (Lipinski definition) is 4. The molecule has 1 saturated heterocycles. The summed E-state index contributed by atoms with van der Waals surface area (Å²) in [6.07, 6.45) is 0. The Hall–Kier alpha value is -2.44. The van der Waals surface area contributed by atoms with Crippen LogP contribution in [0.2, 0.25) is 5.02 Å². The van der Waals surface area contributed by atoms with E-state index in [2.05, 4.69) is 10.6 Å². The van der Waals surface area contributed by atoms with Gasteiger partial charge in [0, 0.05) is 30.3 Å². The second kappa shape index (κ2) is 8.78. The van der Waals surface area contributed by atoms with Crippen LogP contribution in [-0.2, 0) is 0 Å². The van der Waals surface area contributed by atoms with E-state index in [0.717, 1.165) is 18.0 Å². The summed E-state index contributed by atoms with van der Waals surface area (Å²) < 4.78 is 11.0. The lowest BCUT2D eigenvalue weighted by atomic mass is 10.2. The van der Waals surface area contributed by atoms with E-state index < -0.39 is 0 Å². The van der Waals surface area contributed by atoms with Crippen molar-refractivity contribution in [1.82, 2.24) is 10.2 Å². The van der Waals surface area contributed by atoms with Gasteiger partial charge in [-0.25, -0.2) is 4.79 Å². The number of rotatable bonds is 5. The maximum Gasteiger partial charge on any atom is 0.322 e. The first-order valence-corrected chi connectivity index (χ1v) is 8.84. The quantitative estimate of drug-likeness (QED) is 0.842. The average molecular weight is 376 g/mol. The van der Waals surface area contributed by atoms with Crippen molar-refractivity contribution in [2.24, 2.45) is 0 Å². The van der Waals surface area contributed by atoms with E-state index in [0.29, 0.717) is 30.4 Å². The number of hydrogen-bond donors (Lipinski definition) is 2. The molecule has 0 bridgehead atoms. The molecule has 2 aromatic rings. The number of carbonyl (C=O) groups excluding carboxylic acids is 1. The van der Waals surface area contributed by atoms with Gasteiger partial charge in [0.1, 0.15) is 18.1 Å². The molecule has 0 spiro atoms. The molecule has 1 heterocycles. The molecule has 1 fully saturated rings. The minimum Gasteiger partial charge on any atom is -0.497 e. The van der Waals surface area contributed by atoms with Crippen molar-refractivity contribution in [3.63, 3.8) is 0 Å². The van der Waals surface area contributed by atoms with Crippen LogP contribution in [0.4, 0.5) is 10.5 Å². The van der Waals surface area contributed by atoms with Gasteiger partial charge in [-0.1, -0.05) is 11.6 Å². The van der Waals surface area contributed by atoms with E-state index in [9.17, 15) is 4.79 Å². The summed E-state index contributed by atoms with van der Waals surface area (Å²) in [5.74, 6) is 1.52. The van der Waals surface area contributed by atoms with Gasteiger partial charge in [-0.05, 0) is 48.5 Å². The number of urea groups is 1. The van der Waals surface area contributed by atoms with Crippen molar-refractivity contribution in [2.45, 2.75) is 6.04 Å². The molecule has 0 aromatic heterocycles. The molecule has 1 aliphatic heterocycles. The molecule has 0 aliphatic carbocycles. The van der Waals surface area contributed by atoms with Gasteiger partial charge in [-0.3, -0.25) is 0 Å². The first kappa shape index (κ1) is 18.4. The highest BCUT2D eigenvalue weighted by atomic mass is 35.5. The van der Waals surface area contributed by atoms with Crippen molar-refractivity contribution in [2.75, 3.05) is 38.7 Å². The van der Waals surface area contributed by atoms with Crippen LogP contribution in [0.3, 0.4) is 0 Å². The first-order valence-electron chi connectivity index (χ1n) is 8.46. The van der Waals surface area contributed by atoms with Gasteiger partial charge in [-0.2, -0.15) is 0 Å². The molecule has 2 aromatic carbocycles. The van der Waals surface area contributed by atoms with Crippen LogP contribution < -0.4 is 20.1 Å². The average Bonchev–Trinajstić information content (AvgIpc) is 2.68. The highest BCUT2D eigenvalue weighted by Crippen LogP contribution is 2.19. The topological polar surface area (TPSA) is 62.8 Å². The summed E-state index contributed by atoms with van der Waals surface area (Å²) in [6, 6.07) is 14.3. The summed E-state index contributed by atoms with van der Waals surface area (Å²) in [4.78, 5) is 14.4. The lowest BCUT2D eigenvalue weighted by Gasteiger charge is -2.36. The van der Waals surface area contributed by atoms with Crippen LogP contribution in [0.15, 0.2) is 48.5 Å². The van der Waals surface area contributed by atoms with Crippen molar-refractivity contribution in [3.05, 3.63) is 53.6 Å². The first-order chi connectivity index (χ1) is 12.7. The minimum atomic E-state index is -0.142. The third-order valence-corrected chi connectivity index (χ3v) is 4.46. The fourth-order valence-electron chi connectivity index (χ4n) is 2.77. The van der Waals surface area contributed by atoms with Gasteiger partial charge in [0.15, 0.2) is 0 Å². The largest absolute Gasteiger partial charge is 0.497 e. The van der Waals surface area contributed by atoms with E-state index in [1.807, 2.05) is 24.3 Å². The van der Waals surface area contributed by atoms with E-state index >= 15 is 0 Å². The molecule has 0 saturated carbocycles. The number of carbonyl (C=O) groups is 1. The van der Waals surface area contributed by atoms with Crippen LogP contribution in [0.5, 0.6) is 11.5 Å². The maximum absolute atomic E-state index is 12.6. The summed E-state index contributed by atoms with van der Waals surface area (Å²) in [5, 5.41) is 6.85. The Morgan fingerprint density at radius 1 is 1.19 bits per heavy atom. The van der Waals surface area contributed by atoms with Gasteiger partial charge in [0.2, 0.25) is 0 Å². The molecule has 7 heteroatoms. The number of anilines is 1. The van der Waals surface area contributed by atoms with Gasteiger partial charge in [-0.15, -0.1) is 0 Å². The number of benzene rings is 2. The molecule has 2 amide bonds. The number of ether oxygens (including phenoxy) is 2. The molecule has 6 nitrogen and oxygen atoms in total. The summed E-state index contributed by atoms with van der Waals surface area (Å²) in [6.45, 7) is 2.47. The normalized spacial score (nSPS) is 16.8. The molecule has 3 rings (SSSR count). The summed E-state index contributed by atoms with van der Waals surface area (Å²) in [7, 11) is 1.63. The Morgan fingerprint density at radius 3 is 2.58 bits per heavy atom. The number of nitrogens with one attached hydrogen (secondary N) is 2. The Labute approximate surface area is 158 Å². The summed E-state index contributed by atoms with van der Waals surface area (Å²) in [5.41, 5.74) is 0.716. The zero-order valence-electron chi connectivity index (χ0n) is 14.6. The molecular weight excluding hydrogens is 354 g/mol. The predicted octanol–water partition coefficient (Wildman–Crippen LogP) is 3.23. The monoisotopic (exact) mass is 375 g/mol. The highest BCUT2D eigenvalue weighted by Gasteiger charge is 2.27. The van der Waals surface area contributed by atoms with Crippen LogP contribution in [0.25, 0.3) is 0 Å². The lowest BCUT2D eigenvalue weighted by molar-refractivity contribution is 0.133. The molecule has 2 N–H and O–H groups in total. The number of amides is 2. The SMILES string of the molecule is COc1ccc(OCC2CNCCN2C(=O)Nc2ccc(Cl)cc2)cc1. The smallest absolute Gasteiger partial charge is 0.322 e. The van der Waals surface area contributed by atoms with Gasteiger partial charge in [0.25, 0.3) is 0 Å². The molecular formula is C19H22ClN3O3. The van der Waals surface area contributed by atoms with Gasteiger partial charge >= 0.3 is 6.03 Å². The zero-order valence-corrected chi connectivity index (χ0v) is 15.3. The summed E-state index contributed by atoms with van der Waals surface area (Å²) >= 11 is 5.88. The third-order valence-electron chi connectivity index (χ3n) is 4.21. The molecule has 0 radical (unpaired) electrons. The third kappa shape index (κ3) is 4.80. The number of piperazine rings is 1. The van der Waals surface area contributed by atoms with Crippen molar-refractivity contribution < 1.29 is 14.3 Å². The second-order valence-corrected chi connectivity index (χ2v) is 6.41. The standard InChI is InChI=1S/C19H22ClN3O3/c1-25-17-6-8-18(9-7-17)26-13-16-12-21-10-11-23(16)19(24)22-15-4-2-14(20)3-5-15/h2-9,16,21H,10-13H2,1H3,(H,22,24). The van der Waals surface area contributed by atoms with E-state index in [-0.39, 0.29) is 12.1 Å². The Balaban J connectivity index is 1.59. The van der Waals surface area contributed by atoms with Gasteiger partial charge < -0.3 is 25.0 Å². The Morgan fingerprint density at radius 2 is 1.88 bits per heavy atom. The van der Waals surface area contributed by atoms with E-state index in [1.165, 1.54) is 0 Å².